The second-order valence-electron chi connectivity index (χ2n) is 6.04. The predicted molar refractivity (Wildman–Crippen MR) is 99.1 cm³/mol. The van der Waals surface area contributed by atoms with E-state index in [4.69, 9.17) is 10.00 Å². The minimum atomic E-state index is -0.933. The standard InChI is InChI=1S/C20H20FN3O4/c1-4-28-20(27)15-12(2)23-17(16(15)13-8-5-6-9-14(13)21)18(25)19(26)24(3)11-7-10-22/h5-6,8-9,23H,4,7,11H2,1-3H3. The van der Waals surface area contributed by atoms with Crippen LogP contribution in [0.1, 0.15) is 39.9 Å². The van der Waals surface area contributed by atoms with Gasteiger partial charge in [-0.2, -0.15) is 5.26 Å². The van der Waals surface area contributed by atoms with Crippen LogP contribution in [0.3, 0.4) is 0 Å². The van der Waals surface area contributed by atoms with Gasteiger partial charge in [-0.25, -0.2) is 9.18 Å². The van der Waals surface area contributed by atoms with Gasteiger partial charge in [-0.05, 0) is 19.9 Å². The number of aromatic nitrogens is 1. The summed E-state index contributed by atoms with van der Waals surface area (Å²) >= 11 is 0. The highest BCUT2D eigenvalue weighted by Gasteiger charge is 2.32. The maximum atomic E-state index is 14.5. The van der Waals surface area contributed by atoms with E-state index in [9.17, 15) is 18.8 Å². The van der Waals surface area contributed by atoms with Gasteiger partial charge >= 0.3 is 5.97 Å². The molecule has 0 atom stereocenters. The molecule has 2 rings (SSSR count). The van der Waals surface area contributed by atoms with Crippen LogP contribution in [-0.4, -0.2) is 47.7 Å². The molecule has 1 aromatic heterocycles. The Morgan fingerprint density at radius 1 is 1.29 bits per heavy atom. The van der Waals surface area contributed by atoms with Crippen molar-refractivity contribution < 1.29 is 23.5 Å². The van der Waals surface area contributed by atoms with Crippen molar-refractivity contribution in [1.82, 2.24) is 9.88 Å². The van der Waals surface area contributed by atoms with Gasteiger partial charge in [-0.1, -0.05) is 18.2 Å². The molecule has 0 aliphatic carbocycles. The molecule has 146 valence electrons. The molecule has 0 spiro atoms. The molecule has 2 aromatic rings. The van der Waals surface area contributed by atoms with E-state index in [1.54, 1.807) is 13.0 Å². The van der Waals surface area contributed by atoms with Crippen LogP contribution in [0, 0.1) is 24.1 Å². The highest BCUT2D eigenvalue weighted by atomic mass is 19.1. The number of ketones is 1. The van der Waals surface area contributed by atoms with E-state index in [1.165, 1.54) is 32.2 Å². The van der Waals surface area contributed by atoms with Crippen molar-refractivity contribution in [1.29, 1.82) is 5.26 Å². The minimum Gasteiger partial charge on any atom is -0.462 e. The molecular weight excluding hydrogens is 365 g/mol. The van der Waals surface area contributed by atoms with Gasteiger partial charge < -0.3 is 14.6 Å². The lowest BCUT2D eigenvalue weighted by atomic mass is 9.97. The summed E-state index contributed by atoms with van der Waals surface area (Å²) in [4.78, 5) is 41.6. The number of nitrogens with zero attached hydrogens (tertiary/aromatic N) is 2. The Hall–Kier alpha value is -3.47. The van der Waals surface area contributed by atoms with E-state index in [0.717, 1.165) is 4.90 Å². The monoisotopic (exact) mass is 385 g/mol. The number of aromatic amines is 1. The summed E-state index contributed by atoms with van der Waals surface area (Å²) < 4.78 is 19.5. The zero-order chi connectivity index (χ0) is 20.8. The van der Waals surface area contributed by atoms with E-state index in [1.807, 2.05) is 6.07 Å². The summed E-state index contributed by atoms with van der Waals surface area (Å²) in [7, 11) is 1.39. The first kappa shape index (κ1) is 20.8. The number of nitriles is 1. The molecule has 0 radical (unpaired) electrons. The number of carbonyl (C=O) groups excluding carboxylic acids is 3. The lowest BCUT2D eigenvalue weighted by Gasteiger charge is -2.14. The fourth-order valence-electron chi connectivity index (χ4n) is 2.79. The Morgan fingerprint density at radius 3 is 2.57 bits per heavy atom. The lowest BCUT2D eigenvalue weighted by Crippen LogP contribution is -2.34. The van der Waals surface area contributed by atoms with Gasteiger partial charge in [0.1, 0.15) is 11.5 Å². The largest absolute Gasteiger partial charge is 0.462 e. The predicted octanol–water partition coefficient (Wildman–Crippen LogP) is 2.86. The number of hydrogen-bond acceptors (Lipinski definition) is 5. The Balaban J connectivity index is 2.62. The SMILES string of the molecule is CCOC(=O)c1c(C)[nH]c(C(=O)C(=O)N(C)CCC#N)c1-c1ccccc1F. The van der Waals surface area contributed by atoms with Crippen molar-refractivity contribution in [3.63, 3.8) is 0 Å². The number of benzene rings is 1. The molecule has 0 aliphatic heterocycles. The van der Waals surface area contributed by atoms with Crippen LogP contribution in [0.4, 0.5) is 4.39 Å². The second-order valence-corrected chi connectivity index (χ2v) is 6.04. The molecule has 7 nitrogen and oxygen atoms in total. The maximum Gasteiger partial charge on any atom is 0.340 e. The van der Waals surface area contributed by atoms with Crippen molar-refractivity contribution in [2.24, 2.45) is 0 Å². The van der Waals surface area contributed by atoms with E-state index in [2.05, 4.69) is 4.98 Å². The van der Waals surface area contributed by atoms with Crippen LogP contribution >= 0.6 is 0 Å². The zero-order valence-electron chi connectivity index (χ0n) is 15.8. The first-order valence-electron chi connectivity index (χ1n) is 8.64. The summed E-state index contributed by atoms with van der Waals surface area (Å²) in [6.45, 7) is 3.33. The number of carbonyl (C=O) groups is 3. The molecule has 1 heterocycles. The Kier molecular flexibility index (Phi) is 6.66. The van der Waals surface area contributed by atoms with Crippen molar-refractivity contribution in [2.45, 2.75) is 20.3 Å². The first-order valence-corrected chi connectivity index (χ1v) is 8.64. The van der Waals surface area contributed by atoms with E-state index < -0.39 is 23.5 Å². The van der Waals surface area contributed by atoms with Crippen molar-refractivity contribution in [3.8, 4) is 17.2 Å². The molecule has 28 heavy (non-hydrogen) atoms. The fourth-order valence-corrected chi connectivity index (χ4v) is 2.79. The highest BCUT2D eigenvalue weighted by Crippen LogP contribution is 2.33. The van der Waals surface area contributed by atoms with Gasteiger partial charge in [0.05, 0.1) is 24.7 Å². The molecule has 0 aliphatic rings. The molecule has 0 saturated carbocycles. The number of ether oxygens (including phenoxy) is 1. The van der Waals surface area contributed by atoms with Gasteiger partial charge in [0, 0.05) is 30.4 Å². The van der Waals surface area contributed by atoms with Crippen molar-refractivity contribution >= 4 is 17.7 Å². The molecule has 0 unspecified atom stereocenters. The van der Waals surface area contributed by atoms with E-state index in [-0.39, 0.29) is 47.7 Å². The van der Waals surface area contributed by atoms with Crippen LogP contribution in [0.5, 0.6) is 0 Å². The minimum absolute atomic E-state index is 0.00257. The van der Waals surface area contributed by atoms with Gasteiger partial charge in [-0.15, -0.1) is 0 Å². The van der Waals surface area contributed by atoms with Crippen LogP contribution < -0.4 is 0 Å². The third kappa shape index (κ3) is 4.09. The quantitative estimate of drug-likeness (QED) is 0.448. The molecule has 0 saturated heterocycles. The van der Waals surface area contributed by atoms with Gasteiger partial charge in [0.25, 0.3) is 11.7 Å². The number of aryl methyl sites for hydroxylation is 1. The summed E-state index contributed by atoms with van der Waals surface area (Å²) in [6, 6.07) is 7.55. The maximum absolute atomic E-state index is 14.5. The van der Waals surface area contributed by atoms with Crippen LogP contribution in [-0.2, 0) is 9.53 Å². The van der Waals surface area contributed by atoms with Crippen LogP contribution in [0.2, 0.25) is 0 Å². The van der Waals surface area contributed by atoms with Gasteiger partial charge in [0.2, 0.25) is 0 Å². The fraction of sp³-hybridized carbons (Fsp3) is 0.300. The molecule has 1 amide bonds. The number of halogens is 1. The zero-order valence-corrected chi connectivity index (χ0v) is 15.8. The molecular formula is C20H20FN3O4. The molecule has 1 aromatic carbocycles. The molecule has 1 N–H and O–H groups in total. The first-order chi connectivity index (χ1) is 13.3. The van der Waals surface area contributed by atoms with Crippen molar-refractivity contribution in [2.75, 3.05) is 20.2 Å². The average molecular weight is 385 g/mol. The van der Waals surface area contributed by atoms with Gasteiger partial charge in [-0.3, -0.25) is 9.59 Å². The third-order valence-electron chi connectivity index (χ3n) is 4.14. The molecule has 0 bridgehead atoms. The summed E-state index contributed by atoms with van der Waals surface area (Å²) in [5.74, 6) is -3.17. The number of rotatable bonds is 7. The summed E-state index contributed by atoms with van der Waals surface area (Å²) in [5.41, 5.74) is 0.0848. The Labute approximate surface area is 161 Å². The van der Waals surface area contributed by atoms with Crippen LogP contribution in [0.25, 0.3) is 11.1 Å². The van der Waals surface area contributed by atoms with E-state index >= 15 is 0 Å². The Bertz CT molecular complexity index is 959. The normalized spacial score (nSPS) is 10.2. The number of nitrogens with one attached hydrogen (secondary N) is 1. The van der Waals surface area contributed by atoms with Gasteiger partial charge in [0.15, 0.2) is 0 Å². The third-order valence-corrected chi connectivity index (χ3v) is 4.14. The molecule has 8 heteroatoms. The highest BCUT2D eigenvalue weighted by molar-refractivity contribution is 6.43. The summed E-state index contributed by atoms with van der Waals surface area (Å²) in [5, 5.41) is 8.66. The molecule has 0 fully saturated rings. The topological polar surface area (TPSA) is 103 Å². The van der Waals surface area contributed by atoms with Crippen LogP contribution in [0.15, 0.2) is 24.3 Å². The Morgan fingerprint density at radius 2 is 1.96 bits per heavy atom. The van der Waals surface area contributed by atoms with Crippen molar-refractivity contribution in [3.05, 3.63) is 47.0 Å². The van der Waals surface area contributed by atoms with E-state index in [0.29, 0.717) is 0 Å². The average Bonchev–Trinajstić information content (AvgIpc) is 3.02. The summed E-state index contributed by atoms with van der Waals surface area (Å²) in [6.07, 6.45) is 0.0630. The number of Topliss-reactive ketones (excluding diaryl/α,β-unsaturated/α-hetero) is 1. The number of amides is 1. The number of hydrogen-bond donors (Lipinski definition) is 1. The second kappa shape index (κ2) is 8.95. The number of likely N-dealkylation sites (N-methyl/N-ethyl adjacent to an activating group) is 1. The number of H-pyrrole nitrogens is 1. The number of esters is 1. The smallest absolute Gasteiger partial charge is 0.340 e. The lowest BCUT2D eigenvalue weighted by molar-refractivity contribution is -0.125.